The van der Waals surface area contributed by atoms with Crippen molar-refractivity contribution in [3.8, 4) is 5.75 Å². The number of aliphatic hydroxyl groups is 1. The third-order valence-electron chi connectivity index (χ3n) is 15.5. The molecule has 1 aromatic heterocycles. The fourth-order valence-corrected chi connectivity index (χ4v) is 13.5. The number of esters is 3. The molecule has 2 aromatic carbocycles. The van der Waals surface area contributed by atoms with Crippen molar-refractivity contribution in [1.82, 2.24) is 14.8 Å². The second kappa shape index (κ2) is 13.8. The summed E-state index contributed by atoms with van der Waals surface area (Å²) in [5.74, 6) is -0.578. The van der Waals surface area contributed by atoms with Crippen molar-refractivity contribution in [3.63, 3.8) is 0 Å². The first-order valence-electron chi connectivity index (χ1n) is 21.2. The summed E-state index contributed by atoms with van der Waals surface area (Å²) < 4.78 is 24.0. The van der Waals surface area contributed by atoms with Gasteiger partial charge in [-0.05, 0) is 73.7 Å². The van der Waals surface area contributed by atoms with E-state index in [9.17, 15) is 14.7 Å². The molecule has 2 bridgehead atoms. The SMILES string of the molecule is CC[C@H]1C[C@@H]2CN(CCc3c([nH]c4ccccc34)[C@](C(=O)OC)(c3cc4c(cc3OC)N(C)[C@H]3[C@@](O)(C(=O)OC)[C@H](OC(C)=O)[C@]5(CC)C=CCN6CC[C@]43[C@@H]65)C2)C1. The molecule has 2 saturated heterocycles. The Labute approximate surface area is 340 Å². The van der Waals surface area contributed by atoms with Crippen LogP contribution in [0.5, 0.6) is 5.75 Å². The van der Waals surface area contributed by atoms with E-state index in [-0.39, 0.29) is 17.9 Å². The third kappa shape index (κ3) is 5.00. The van der Waals surface area contributed by atoms with Gasteiger partial charge in [0.25, 0.3) is 0 Å². The van der Waals surface area contributed by atoms with Gasteiger partial charge in [-0.25, -0.2) is 4.79 Å². The van der Waals surface area contributed by atoms with Crippen LogP contribution in [0.1, 0.15) is 75.3 Å². The number of rotatable bonds is 7. The largest absolute Gasteiger partial charge is 0.496 e. The topological polar surface area (TPSA) is 134 Å². The Balaban J connectivity index is 1.36. The maximum atomic E-state index is 15.3. The van der Waals surface area contributed by atoms with Crippen LogP contribution in [0.25, 0.3) is 10.9 Å². The summed E-state index contributed by atoms with van der Waals surface area (Å²) in [7, 11) is 6.28. The van der Waals surface area contributed by atoms with Crippen LogP contribution in [0.2, 0.25) is 0 Å². The Morgan fingerprint density at radius 2 is 1.76 bits per heavy atom. The first kappa shape index (κ1) is 39.1. The molecule has 1 unspecified atom stereocenters. The van der Waals surface area contributed by atoms with E-state index in [1.54, 1.807) is 7.11 Å². The molecule has 6 aliphatic rings. The minimum absolute atomic E-state index is 0.184. The molecular weight excluding hydrogens is 737 g/mol. The number of fused-ring (bicyclic) bond motifs is 6. The Hall–Kier alpha value is -4.39. The van der Waals surface area contributed by atoms with E-state index in [2.05, 4.69) is 58.1 Å². The Morgan fingerprint density at radius 3 is 2.47 bits per heavy atom. The first-order chi connectivity index (χ1) is 27.9. The van der Waals surface area contributed by atoms with E-state index in [4.69, 9.17) is 18.9 Å². The van der Waals surface area contributed by atoms with Gasteiger partial charge in [-0.1, -0.05) is 50.6 Å². The second-order valence-corrected chi connectivity index (χ2v) is 18.0. The summed E-state index contributed by atoms with van der Waals surface area (Å²) in [6.07, 6.45) is 7.33. The van der Waals surface area contributed by atoms with Gasteiger partial charge in [-0.3, -0.25) is 14.5 Å². The average Bonchev–Trinajstić information content (AvgIpc) is 3.89. The van der Waals surface area contributed by atoms with Gasteiger partial charge in [-0.2, -0.15) is 0 Å². The number of piperidine rings is 1. The van der Waals surface area contributed by atoms with Crippen molar-refractivity contribution in [2.45, 2.75) is 93.9 Å². The number of anilines is 1. The maximum Gasteiger partial charge on any atom is 0.344 e. The molecule has 5 aliphatic heterocycles. The lowest BCUT2D eigenvalue weighted by molar-refractivity contribution is -0.228. The number of nitrogens with one attached hydrogen (secondary N) is 1. The monoisotopic (exact) mass is 794 g/mol. The van der Waals surface area contributed by atoms with E-state index < -0.39 is 45.9 Å². The van der Waals surface area contributed by atoms with Crippen LogP contribution in [-0.2, 0) is 45.8 Å². The minimum Gasteiger partial charge on any atom is -0.496 e. The highest BCUT2D eigenvalue weighted by atomic mass is 16.6. The molecule has 1 saturated carbocycles. The van der Waals surface area contributed by atoms with E-state index in [1.165, 1.54) is 21.1 Å². The summed E-state index contributed by atoms with van der Waals surface area (Å²) in [6.45, 7) is 9.79. The summed E-state index contributed by atoms with van der Waals surface area (Å²) in [5, 5.41) is 14.4. The highest BCUT2D eigenvalue weighted by molar-refractivity contribution is 5.95. The van der Waals surface area contributed by atoms with Gasteiger partial charge >= 0.3 is 17.9 Å². The highest BCUT2D eigenvalue weighted by Gasteiger charge is 2.80. The highest BCUT2D eigenvalue weighted by Crippen LogP contribution is 2.68. The lowest BCUT2D eigenvalue weighted by atomic mass is 9.47. The zero-order chi connectivity index (χ0) is 40.9. The Morgan fingerprint density at radius 1 is 0.983 bits per heavy atom. The predicted octanol–water partition coefficient (Wildman–Crippen LogP) is 4.88. The van der Waals surface area contributed by atoms with Gasteiger partial charge in [0.05, 0.1) is 27.4 Å². The van der Waals surface area contributed by atoms with Gasteiger partial charge < -0.3 is 38.8 Å². The molecule has 1 spiro atoms. The number of H-pyrrole nitrogens is 1. The lowest BCUT2D eigenvalue weighted by Gasteiger charge is -2.63. The van der Waals surface area contributed by atoms with E-state index >= 15 is 4.79 Å². The number of hydrogen-bond donors (Lipinski definition) is 2. The zero-order valence-electron chi connectivity index (χ0n) is 34.9. The van der Waals surface area contributed by atoms with Crippen molar-refractivity contribution in [2.24, 2.45) is 17.3 Å². The van der Waals surface area contributed by atoms with E-state index in [0.717, 1.165) is 72.3 Å². The van der Waals surface area contributed by atoms with E-state index in [1.807, 2.05) is 31.0 Å². The molecule has 0 radical (unpaired) electrons. The van der Waals surface area contributed by atoms with Crippen LogP contribution < -0.4 is 9.64 Å². The van der Waals surface area contributed by atoms with Gasteiger partial charge in [-0.15, -0.1) is 0 Å². The van der Waals surface area contributed by atoms with Gasteiger partial charge in [0.2, 0.25) is 5.60 Å². The molecule has 12 nitrogen and oxygen atoms in total. The average molecular weight is 795 g/mol. The summed E-state index contributed by atoms with van der Waals surface area (Å²) in [4.78, 5) is 53.5. The molecule has 58 heavy (non-hydrogen) atoms. The van der Waals surface area contributed by atoms with Crippen LogP contribution in [0.4, 0.5) is 5.69 Å². The van der Waals surface area contributed by atoms with Gasteiger partial charge in [0.1, 0.15) is 11.2 Å². The fraction of sp³-hybridized carbons (Fsp3) is 0.587. The quantitative estimate of drug-likeness (QED) is 0.193. The van der Waals surface area contributed by atoms with Crippen molar-refractivity contribution in [2.75, 3.05) is 66.0 Å². The molecule has 6 heterocycles. The molecule has 3 fully saturated rings. The van der Waals surface area contributed by atoms with Crippen LogP contribution >= 0.6 is 0 Å². The molecule has 310 valence electrons. The number of methoxy groups -OCH3 is 3. The summed E-state index contributed by atoms with van der Waals surface area (Å²) in [5.41, 5.74) is -0.0554. The number of benzene rings is 2. The number of aromatic amines is 1. The van der Waals surface area contributed by atoms with Crippen molar-refractivity contribution >= 4 is 34.5 Å². The van der Waals surface area contributed by atoms with Crippen molar-refractivity contribution < 1.29 is 38.4 Å². The molecule has 3 aromatic rings. The molecule has 0 amide bonds. The predicted molar refractivity (Wildman–Crippen MR) is 219 cm³/mol. The maximum absolute atomic E-state index is 15.3. The van der Waals surface area contributed by atoms with Gasteiger partial charge in [0, 0.05) is 90.9 Å². The molecule has 1 aliphatic carbocycles. The molecular formula is C46H58N4O8. The van der Waals surface area contributed by atoms with Gasteiger partial charge in [0.15, 0.2) is 6.10 Å². The number of hydrogen-bond acceptors (Lipinski definition) is 11. The van der Waals surface area contributed by atoms with Crippen LogP contribution in [0, 0.1) is 17.3 Å². The summed E-state index contributed by atoms with van der Waals surface area (Å²) >= 11 is 0. The lowest BCUT2D eigenvalue weighted by Crippen LogP contribution is -2.81. The summed E-state index contributed by atoms with van der Waals surface area (Å²) in [6, 6.07) is 11.3. The number of carbonyl (C=O) groups is 3. The second-order valence-electron chi connectivity index (χ2n) is 18.0. The number of carbonyl (C=O) groups excluding carboxylic acids is 3. The molecule has 2 N–H and O–H groups in total. The number of aromatic nitrogens is 1. The zero-order valence-corrected chi connectivity index (χ0v) is 34.9. The molecule has 10 atom stereocenters. The number of para-hydroxylation sites is 1. The molecule has 12 heteroatoms. The number of likely N-dealkylation sites (N-methyl/N-ethyl adjacent to an activating group) is 1. The first-order valence-corrected chi connectivity index (χ1v) is 21.2. The number of ether oxygens (including phenoxy) is 4. The van der Waals surface area contributed by atoms with Crippen LogP contribution in [0.3, 0.4) is 0 Å². The van der Waals surface area contributed by atoms with E-state index in [0.29, 0.717) is 49.6 Å². The Kier molecular flexibility index (Phi) is 9.33. The van der Waals surface area contributed by atoms with Crippen molar-refractivity contribution in [3.05, 3.63) is 70.9 Å². The standard InChI is InChI=1S/C46H58N4O8/c1-8-28-21-29-24-45(41(52)56-6,37-31(15-19-49(25-28)26-29)30-13-10-11-14-34(30)47-37)33-22-32-35(23-36(33)55-5)48(4)39-44(32)17-20-50-18-12-16-43(9-2,38(44)50)40(58-27(3)51)46(39,54)42(53)57-7/h10-14,16,22-23,28-29,38-40,47,54H,8-9,15,17-21,24-26H2,1-7H3/t28-,29-,38-,39+,40+,43+,44+,45+,46-/m0/s1. The molecule has 9 rings (SSSR count). The van der Waals surface area contributed by atoms with Crippen LogP contribution in [0.15, 0.2) is 48.6 Å². The minimum atomic E-state index is -2.27. The number of nitrogens with zero attached hydrogens (tertiary/aromatic N) is 3. The van der Waals surface area contributed by atoms with Crippen LogP contribution in [-0.4, -0.2) is 123 Å². The smallest absolute Gasteiger partial charge is 0.344 e. The Bertz CT molecular complexity index is 2200. The fourth-order valence-electron chi connectivity index (χ4n) is 13.5. The third-order valence-corrected chi connectivity index (χ3v) is 15.5. The van der Waals surface area contributed by atoms with Crippen molar-refractivity contribution in [1.29, 1.82) is 0 Å². The normalized spacial score (nSPS) is 36.1.